The third kappa shape index (κ3) is 6.96. The van der Waals surface area contributed by atoms with Crippen LogP contribution in [0, 0.1) is 5.82 Å². The minimum absolute atomic E-state index is 0.122. The van der Waals surface area contributed by atoms with Crippen molar-refractivity contribution in [3.63, 3.8) is 0 Å². The van der Waals surface area contributed by atoms with Crippen LogP contribution in [-0.4, -0.2) is 60.8 Å². The van der Waals surface area contributed by atoms with E-state index in [9.17, 15) is 19.5 Å². The molecule has 0 saturated carbocycles. The number of anilines is 1. The van der Waals surface area contributed by atoms with Gasteiger partial charge in [0.2, 0.25) is 5.91 Å². The Balaban J connectivity index is 1.55. The molecule has 0 spiro atoms. The summed E-state index contributed by atoms with van der Waals surface area (Å²) in [7, 11) is 0. The zero-order valence-electron chi connectivity index (χ0n) is 21.7. The number of halogens is 1. The number of cyclic esters (lactones) is 1. The molecule has 2 saturated heterocycles. The number of aliphatic hydroxyl groups is 1. The first kappa shape index (κ1) is 27.7. The average Bonchev–Trinajstić information content (AvgIpc) is 3.34. The number of nitrogens with zero attached hydrogens (tertiary/aromatic N) is 1. The van der Waals surface area contributed by atoms with Gasteiger partial charge in [-0.15, -0.1) is 0 Å². The smallest absolute Gasteiger partial charge is 0.307 e. The minimum atomic E-state index is -1.00. The summed E-state index contributed by atoms with van der Waals surface area (Å²) in [5.41, 5.74) is 1.68. The molecule has 0 aromatic heterocycles. The van der Waals surface area contributed by atoms with Crippen molar-refractivity contribution in [1.82, 2.24) is 10.6 Å². The highest BCUT2D eigenvalue weighted by atomic mass is 19.1. The fraction of sp³-hybridized carbons (Fsp3) is 0.483. The number of rotatable bonds is 11. The summed E-state index contributed by atoms with van der Waals surface area (Å²) in [6.07, 6.45) is 2.63. The van der Waals surface area contributed by atoms with Gasteiger partial charge in [0.05, 0.1) is 36.4 Å². The van der Waals surface area contributed by atoms with Crippen molar-refractivity contribution in [3.05, 3.63) is 65.0 Å². The Bertz CT molecular complexity index is 1140. The van der Waals surface area contributed by atoms with Crippen molar-refractivity contribution < 1.29 is 28.6 Å². The van der Waals surface area contributed by atoms with Crippen molar-refractivity contribution in [2.45, 2.75) is 70.1 Å². The van der Waals surface area contributed by atoms with E-state index in [2.05, 4.69) is 10.6 Å². The number of aryl methyl sites for hydroxylation is 1. The van der Waals surface area contributed by atoms with E-state index >= 15 is 4.39 Å². The van der Waals surface area contributed by atoms with Gasteiger partial charge in [0.1, 0.15) is 0 Å². The van der Waals surface area contributed by atoms with Gasteiger partial charge in [-0.1, -0.05) is 43.7 Å². The highest BCUT2D eigenvalue weighted by Crippen LogP contribution is 2.29. The second-order valence-corrected chi connectivity index (χ2v) is 10.0. The van der Waals surface area contributed by atoms with E-state index in [1.807, 2.05) is 37.3 Å². The number of hydrogen-bond donors (Lipinski definition) is 3. The van der Waals surface area contributed by atoms with Crippen molar-refractivity contribution in [2.75, 3.05) is 24.6 Å². The van der Waals surface area contributed by atoms with E-state index in [-0.39, 0.29) is 42.1 Å². The minimum Gasteiger partial charge on any atom is -0.466 e. The Morgan fingerprint density at radius 1 is 1.21 bits per heavy atom. The van der Waals surface area contributed by atoms with Crippen LogP contribution in [0.3, 0.4) is 0 Å². The number of nitrogens with one attached hydrogen (secondary N) is 2. The zero-order valence-corrected chi connectivity index (χ0v) is 21.7. The van der Waals surface area contributed by atoms with Gasteiger partial charge in [-0.3, -0.25) is 14.4 Å². The Hall–Kier alpha value is -3.30. The summed E-state index contributed by atoms with van der Waals surface area (Å²) in [5, 5.41) is 17.1. The third-order valence-electron chi connectivity index (χ3n) is 7.10. The van der Waals surface area contributed by atoms with Crippen LogP contribution in [-0.2, 0) is 27.2 Å². The molecule has 204 valence electrons. The van der Waals surface area contributed by atoms with Crippen LogP contribution in [0.1, 0.15) is 60.5 Å². The van der Waals surface area contributed by atoms with Crippen molar-refractivity contribution >= 4 is 23.5 Å². The largest absolute Gasteiger partial charge is 0.466 e. The van der Waals surface area contributed by atoms with E-state index in [1.165, 1.54) is 11.0 Å². The highest BCUT2D eigenvalue weighted by Gasteiger charge is 2.30. The molecule has 2 amide bonds. The molecule has 2 aliphatic heterocycles. The summed E-state index contributed by atoms with van der Waals surface area (Å²) in [6.45, 7) is 2.88. The number of amides is 2. The molecule has 8 nitrogen and oxygen atoms in total. The molecule has 1 unspecified atom stereocenters. The van der Waals surface area contributed by atoms with E-state index in [0.717, 1.165) is 17.5 Å². The Kier molecular flexibility index (Phi) is 9.47. The molecular formula is C29H36FN3O5. The van der Waals surface area contributed by atoms with Gasteiger partial charge in [-0.25, -0.2) is 4.39 Å². The molecule has 4 rings (SSSR count). The molecule has 2 fully saturated rings. The second-order valence-electron chi connectivity index (χ2n) is 10.0. The third-order valence-corrected chi connectivity index (χ3v) is 7.10. The van der Waals surface area contributed by atoms with Gasteiger partial charge in [0.15, 0.2) is 5.82 Å². The van der Waals surface area contributed by atoms with Crippen LogP contribution in [0.2, 0.25) is 0 Å². The van der Waals surface area contributed by atoms with Crippen molar-refractivity contribution in [1.29, 1.82) is 0 Å². The number of aliphatic hydroxyl groups excluding tert-OH is 1. The molecule has 2 aliphatic rings. The average molecular weight is 526 g/mol. The van der Waals surface area contributed by atoms with Gasteiger partial charge in [-0.05, 0) is 48.9 Å². The Morgan fingerprint density at radius 3 is 2.68 bits per heavy atom. The first-order chi connectivity index (χ1) is 18.4. The molecule has 2 aromatic rings. The molecule has 38 heavy (non-hydrogen) atoms. The maximum Gasteiger partial charge on any atom is 0.307 e. The standard InChI is InChI=1S/C29H36FN3O5/c1-2-7-20-14-22(28(30)24(16-20)33-12-6-10-26(33)35)29(37)32-23(15-19-8-4-3-5-9-19)25(34)18-31-21-11-13-38-27(36)17-21/h3-5,8-9,14,16,21,23,25,31,34H,2,6-7,10-13,15,17-18H2,1H3,(H,32,37)/t21?,23-,25+/m0/s1. The zero-order chi connectivity index (χ0) is 27.1. The highest BCUT2D eigenvalue weighted by molar-refractivity contribution is 6.00. The molecule has 3 atom stereocenters. The molecule has 0 aliphatic carbocycles. The quantitative estimate of drug-likeness (QED) is 0.390. The van der Waals surface area contributed by atoms with E-state index in [4.69, 9.17) is 4.74 Å². The monoisotopic (exact) mass is 525 g/mol. The van der Waals surface area contributed by atoms with Gasteiger partial charge in [0, 0.05) is 25.6 Å². The van der Waals surface area contributed by atoms with Crippen LogP contribution >= 0.6 is 0 Å². The predicted octanol–water partition coefficient (Wildman–Crippen LogP) is 2.90. The number of ether oxygens (including phenoxy) is 1. The number of benzene rings is 2. The summed E-state index contributed by atoms with van der Waals surface area (Å²) in [4.78, 5) is 38.9. The maximum absolute atomic E-state index is 15.7. The Morgan fingerprint density at radius 2 is 2.00 bits per heavy atom. The van der Waals surface area contributed by atoms with E-state index in [1.54, 1.807) is 6.07 Å². The molecule has 0 radical (unpaired) electrons. The number of esters is 1. The number of carbonyl (C=O) groups excluding carboxylic acids is 3. The molecule has 2 heterocycles. The predicted molar refractivity (Wildman–Crippen MR) is 141 cm³/mol. The summed E-state index contributed by atoms with van der Waals surface area (Å²) >= 11 is 0. The lowest BCUT2D eigenvalue weighted by Crippen LogP contribution is -2.51. The van der Waals surface area contributed by atoms with Crippen LogP contribution in [0.4, 0.5) is 10.1 Å². The van der Waals surface area contributed by atoms with Crippen molar-refractivity contribution in [2.24, 2.45) is 0 Å². The number of hydrogen-bond acceptors (Lipinski definition) is 6. The van der Waals surface area contributed by atoms with E-state index < -0.39 is 23.9 Å². The van der Waals surface area contributed by atoms with Crippen molar-refractivity contribution in [3.8, 4) is 0 Å². The molecule has 9 heteroatoms. The SMILES string of the molecule is CCCc1cc(C(=O)N[C@@H](Cc2ccccc2)[C@H](O)CNC2CCOC(=O)C2)c(F)c(N2CCCC2=O)c1. The second kappa shape index (κ2) is 13.0. The fourth-order valence-electron chi connectivity index (χ4n) is 5.04. The lowest BCUT2D eigenvalue weighted by atomic mass is 9.98. The molecule has 3 N–H and O–H groups in total. The van der Waals surface area contributed by atoms with Crippen LogP contribution in [0.25, 0.3) is 0 Å². The maximum atomic E-state index is 15.7. The van der Waals surface area contributed by atoms with Gasteiger partial charge in [-0.2, -0.15) is 0 Å². The summed E-state index contributed by atoms with van der Waals surface area (Å²) in [6, 6.07) is 11.8. The Labute approximate surface area is 222 Å². The molecular weight excluding hydrogens is 489 g/mol. The molecule has 2 aromatic carbocycles. The first-order valence-corrected chi connectivity index (χ1v) is 13.4. The summed E-state index contributed by atoms with van der Waals surface area (Å²) in [5.74, 6) is -1.81. The van der Waals surface area contributed by atoms with Crippen LogP contribution in [0.15, 0.2) is 42.5 Å². The van der Waals surface area contributed by atoms with Gasteiger partial charge < -0.3 is 25.4 Å². The fourth-order valence-corrected chi connectivity index (χ4v) is 5.04. The lowest BCUT2D eigenvalue weighted by Gasteiger charge is -2.28. The lowest BCUT2D eigenvalue weighted by molar-refractivity contribution is -0.148. The topological polar surface area (TPSA) is 108 Å². The van der Waals surface area contributed by atoms with Crippen LogP contribution < -0.4 is 15.5 Å². The normalized spacial score (nSPS) is 19.2. The summed E-state index contributed by atoms with van der Waals surface area (Å²) < 4.78 is 20.7. The van der Waals surface area contributed by atoms with Crippen LogP contribution in [0.5, 0.6) is 0 Å². The van der Waals surface area contributed by atoms with Gasteiger partial charge in [0.25, 0.3) is 5.91 Å². The first-order valence-electron chi connectivity index (χ1n) is 13.4. The molecule has 0 bridgehead atoms. The van der Waals surface area contributed by atoms with E-state index in [0.29, 0.717) is 45.3 Å². The van der Waals surface area contributed by atoms with Gasteiger partial charge >= 0.3 is 5.97 Å². The number of carbonyl (C=O) groups is 3.